The number of anilines is 4. The highest BCUT2D eigenvalue weighted by Gasteiger charge is 2.30. The van der Waals surface area contributed by atoms with Crippen LogP contribution in [0.5, 0.6) is 0 Å². The van der Waals surface area contributed by atoms with Gasteiger partial charge in [0.05, 0.1) is 58.5 Å². The molecule has 1 N–H and O–H groups in total. The van der Waals surface area contributed by atoms with Gasteiger partial charge in [0, 0.05) is 57.0 Å². The quantitative estimate of drug-likeness (QED) is 0.348. The summed E-state index contributed by atoms with van der Waals surface area (Å²) in [5, 5.41) is 3.45. The molecular formula is C29H29F3N6O3S. The van der Waals surface area contributed by atoms with E-state index in [1.54, 1.807) is 19.3 Å². The maximum Gasteiger partial charge on any atom is 0.243 e. The fourth-order valence-electron chi connectivity index (χ4n) is 5.39. The molecular weight excluding hydrogens is 569 g/mol. The first-order valence-electron chi connectivity index (χ1n) is 13.6. The lowest BCUT2D eigenvalue weighted by molar-refractivity contribution is 0.122. The minimum absolute atomic E-state index is 0.0164. The Hall–Kier alpha value is -3.94. The Labute approximate surface area is 241 Å². The van der Waals surface area contributed by atoms with Crippen LogP contribution in [0.2, 0.25) is 0 Å². The number of halogens is 3. The van der Waals surface area contributed by atoms with E-state index in [0.717, 1.165) is 37.0 Å². The normalized spacial score (nSPS) is 16.7. The molecule has 0 saturated carbocycles. The van der Waals surface area contributed by atoms with Crippen LogP contribution in [0.1, 0.15) is 5.56 Å². The Morgan fingerprint density at radius 1 is 0.857 bits per heavy atom. The molecule has 2 aromatic heterocycles. The number of pyridine rings is 2. The fourth-order valence-corrected chi connectivity index (χ4v) is 6.81. The van der Waals surface area contributed by atoms with Crippen LogP contribution < -0.4 is 15.1 Å². The minimum atomic E-state index is -3.81. The smallest absolute Gasteiger partial charge is 0.243 e. The summed E-state index contributed by atoms with van der Waals surface area (Å²) >= 11 is 0. The van der Waals surface area contributed by atoms with Crippen LogP contribution in [-0.4, -0.2) is 75.2 Å². The van der Waals surface area contributed by atoms with Crippen LogP contribution in [0.15, 0.2) is 59.8 Å². The highest BCUT2D eigenvalue weighted by molar-refractivity contribution is 7.89. The van der Waals surface area contributed by atoms with Gasteiger partial charge in [0.2, 0.25) is 10.0 Å². The predicted octanol–water partition coefficient (Wildman–Crippen LogP) is 4.45. The highest BCUT2D eigenvalue weighted by atomic mass is 32.2. The molecule has 0 unspecified atom stereocenters. The van der Waals surface area contributed by atoms with E-state index in [1.165, 1.54) is 22.5 Å². The maximum absolute atomic E-state index is 15.2. The molecule has 0 radical (unpaired) electrons. The van der Waals surface area contributed by atoms with Gasteiger partial charge in [-0.2, -0.15) is 4.31 Å². The van der Waals surface area contributed by atoms with Crippen molar-refractivity contribution in [1.29, 1.82) is 0 Å². The number of nitrogens with one attached hydrogen (secondary N) is 1. The van der Waals surface area contributed by atoms with Gasteiger partial charge < -0.3 is 19.9 Å². The molecule has 9 nitrogen and oxygen atoms in total. The van der Waals surface area contributed by atoms with E-state index in [1.807, 2.05) is 11.0 Å². The standard InChI is InChI=1S/C29H29F3N6O3S/c1-19-28(34-22-16-23(18-33-17-22)36-10-12-41-13-11-36)27-25(32)14-21(31)15-26(27)35-29(19)37-6-8-38(9-7-37)42(39,40)24-4-2-20(30)3-5-24/h2-5,14-18H,6-13H2,1H3,(H,34,35). The number of morpholine rings is 1. The molecule has 0 bridgehead atoms. The Morgan fingerprint density at radius 2 is 1.57 bits per heavy atom. The van der Waals surface area contributed by atoms with Gasteiger partial charge in [-0.15, -0.1) is 0 Å². The lowest BCUT2D eigenvalue weighted by Crippen LogP contribution is -2.49. The molecule has 2 saturated heterocycles. The average Bonchev–Trinajstić information content (AvgIpc) is 2.99. The third kappa shape index (κ3) is 5.46. The van der Waals surface area contributed by atoms with E-state index in [2.05, 4.69) is 20.2 Å². The topological polar surface area (TPSA) is 90.9 Å². The Kier molecular flexibility index (Phi) is 7.64. The van der Waals surface area contributed by atoms with Crippen molar-refractivity contribution in [2.24, 2.45) is 0 Å². The molecule has 220 valence electrons. The van der Waals surface area contributed by atoms with Gasteiger partial charge in [0.25, 0.3) is 0 Å². The second-order valence-corrected chi connectivity index (χ2v) is 12.2. The van der Waals surface area contributed by atoms with Crippen molar-refractivity contribution in [2.75, 3.05) is 67.6 Å². The Bertz CT molecular complexity index is 1730. The number of sulfonamides is 1. The van der Waals surface area contributed by atoms with Crippen molar-refractivity contribution in [2.45, 2.75) is 11.8 Å². The average molecular weight is 599 g/mol. The second-order valence-electron chi connectivity index (χ2n) is 10.2. The van der Waals surface area contributed by atoms with E-state index in [-0.39, 0.29) is 28.9 Å². The zero-order chi connectivity index (χ0) is 29.4. The predicted molar refractivity (Wildman–Crippen MR) is 154 cm³/mol. The summed E-state index contributed by atoms with van der Waals surface area (Å²) in [7, 11) is -3.81. The summed E-state index contributed by atoms with van der Waals surface area (Å²) in [6, 6.07) is 8.66. The zero-order valence-electron chi connectivity index (χ0n) is 22.9. The van der Waals surface area contributed by atoms with Gasteiger partial charge >= 0.3 is 0 Å². The molecule has 6 rings (SSSR count). The number of nitrogens with zero attached hydrogens (tertiary/aromatic N) is 5. The van der Waals surface area contributed by atoms with Crippen LogP contribution in [0, 0.1) is 24.4 Å². The molecule has 0 amide bonds. The number of benzene rings is 2. The molecule has 4 heterocycles. The third-order valence-electron chi connectivity index (χ3n) is 7.58. The Balaban J connectivity index is 1.32. The van der Waals surface area contributed by atoms with Crippen molar-refractivity contribution < 1.29 is 26.3 Å². The summed E-state index contributed by atoms with van der Waals surface area (Å²) in [5.74, 6) is -1.52. The second kappa shape index (κ2) is 11.4. The van der Waals surface area contributed by atoms with E-state index >= 15 is 4.39 Å². The van der Waals surface area contributed by atoms with Gasteiger partial charge in [0.1, 0.15) is 23.3 Å². The number of rotatable bonds is 6. The summed E-state index contributed by atoms with van der Waals surface area (Å²) in [6.45, 7) is 5.39. The van der Waals surface area contributed by atoms with Gasteiger partial charge in [-0.25, -0.2) is 26.6 Å². The first kappa shape index (κ1) is 28.2. The van der Waals surface area contributed by atoms with Gasteiger partial charge in [-0.3, -0.25) is 4.98 Å². The van der Waals surface area contributed by atoms with Crippen LogP contribution in [0.25, 0.3) is 10.9 Å². The molecule has 2 fully saturated rings. The first-order chi connectivity index (χ1) is 20.2. The number of aromatic nitrogens is 2. The molecule has 2 aliphatic rings. The minimum Gasteiger partial charge on any atom is -0.378 e. The van der Waals surface area contributed by atoms with E-state index in [9.17, 15) is 17.2 Å². The molecule has 42 heavy (non-hydrogen) atoms. The third-order valence-corrected chi connectivity index (χ3v) is 9.49. The van der Waals surface area contributed by atoms with Crippen molar-refractivity contribution in [3.63, 3.8) is 0 Å². The number of hydrogen-bond donors (Lipinski definition) is 1. The molecule has 13 heteroatoms. The van der Waals surface area contributed by atoms with Crippen LogP contribution in [0.4, 0.5) is 36.1 Å². The van der Waals surface area contributed by atoms with E-state index in [0.29, 0.717) is 49.1 Å². The summed E-state index contributed by atoms with van der Waals surface area (Å²) in [5.41, 5.74) is 2.70. The highest BCUT2D eigenvalue weighted by Crippen LogP contribution is 2.37. The van der Waals surface area contributed by atoms with Crippen molar-refractivity contribution in [3.05, 3.63) is 77.9 Å². The molecule has 0 aliphatic carbocycles. The van der Waals surface area contributed by atoms with E-state index in [4.69, 9.17) is 4.74 Å². The lowest BCUT2D eigenvalue weighted by Gasteiger charge is -2.36. The van der Waals surface area contributed by atoms with Gasteiger partial charge in [-0.1, -0.05) is 0 Å². The van der Waals surface area contributed by atoms with Crippen LogP contribution >= 0.6 is 0 Å². The van der Waals surface area contributed by atoms with Crippen molar-refractivity contribution in [3.8, 4) is 0 Å². The maximum atomic E-state index is 15.2. The molecule has 2 aliphatic heterocycles. The fraction of sp³-hybridized carbons (Fsp3) is 0.310. The van der Waals surface area contributed by atoms with Crippen LogP contribution in [-0.2, 0) is 14.8 Å². The van der Waals surface area contributed by atoms with Gasteiger partial charge in [0.15, 0.2) is 0 Å². The number of piperazine rings is 1. The summed E-state index contributed by atoms with van der Waals surface area (Å²) < 4.78 is 75.9. The molecule has 4 aromatic rings. The van der Waals surface area contributed by atoms with Crippen LogP contribution in [0.3, 0.4) is 0 Å². The van der Waals surface area contributed by atoms with Gasteiger partial charge in [-0.05, 0) is 37.3 Å². The number of ether oxygens (including phenoxy) is 1. The molecule has 0 spiro atoms. The summed E-state index contributed by atoms with van der Waals surface area (Å²) in [6.07, 6.45) is 3.39. The largest absolute Gasteiger partial charge is 0.378 e. The summed E-state index contributed by atoms with van der Waals surface area (Å²) in [4.78, 5) is 13.1. The molecule has 2 aromatic carbocycles. The van der Waals surface area contributed by atoms with E-state index < -0.39 is 27.5 Å². The van der Waals surface area contributed by atoms with Crippen molar-refractivity contribution in [1.82, 2.24) is 14.3 Å². The number of hydrogen-bond acceptors (Lipinski definition) is 8. The van der Waals surface area contributed by atoms with Crippen molar-refractivity contribution >= 4 is 43.8 Å². The number of fused-ring (bicyclic) bond motifs is 1. The SMILES string of the molecule is Cc1c(N2CCN(S(=O)(=O)c3ccc(F)cc3)CC2)nc2cc(F)cc(F)c2c1Nc1cncc(N2CCOCC2)c1. The zero-order valence-corrected chi connectivity index (χ0v) is 23.7. The monoisotopic (exact) mass is 598 g/mol. The first-order valence-corrected chi connectivity index (χ1v) is 15.0. The lowest BCUT2D eigenvalue weighted by atomic mass is 10.1. The molecule has 0 atom stereocenters. The Morgan fingerprint density at radius 3 is 2.29 bits per heavy atom.